The first-order valence-electron chi connectivity index (χ1n) is 10.6. The largest absolute Gasteiger partial charge is 0.496 e. The van der Waals surface area contributed by atoms with Gasteiger partial charge < -0.3 is 15.4 Å². The summed E-state index contributed by atoms with van der Waals surface area (Å²) in [4.78, 5) is 15.8. The lowest BCUT2D eigenvalue weighted by atomic mass is 9.67. The molecule has 3 atom stereocenters. The Hall–Kier alpha value is -1.01. The highest BCUT2D eigenvalue weighted by atomic mass is 35.5. The van der Waals surface area contributed by atoms with Gasteiger partial charge in [0.05, 0.1) is 18.6 Å². The molecule has 0 spiro atoms. The highest BCUT2D eigenvalue weighted by Gasteiger charge is 2.49. The average molecular weight is 444 g/mol. The Bertz CT molecular complexity index is 669. The van der Waals surface area contributed by atoms with Crippen LogP contribution in [-0.2, 0) is 4.79 Å². The number of likely N-dealkylation sites (tertiary alicyclic amines) is 1. The third-order valence-electron chi connectivity index (χ3n) is 7.03. The van der Waals surface area contributed by atoms with Crippen LogP contribution in [0.5, 0.6) is 5.75 Å². The molecule has 0 bridgehead atoms. The fraction of sp³-hybridized carbons (Fsp3) is 0.682. The van der Waals surface area contributed by atoms with E-state index in [4.69, 9.17) is 4.74 Å². The van der Waals surface area contributed by atoms with Gasteiger partial charge in [0.25, 0.3) is 0 Å². The molecule has 1 aromatic carbocycles. The van der Waals surface area contributed by atoms with E-state index in [1.807, 2.05) is 12.1 Å². The fourth-order valence-electron chi connectivity index (χ4n) is 5.49. The molecule has 2 heterocycles. The van der Waals surface area contributed by atoms with Crippen LogP contribution < -0.4 is 15.4 Å². The standard InChI is InChI=1S/C22H33N3O2.2ClH/c1-27-20-10-3-2-9-18(20)19(25-12-6-7-13-25)15-24-21(26)22-11-5-4-8-17(22)14-23-16-22;;/h2-3,9-10,17,19,23H,4-8,11-16H2,1H3,(H,24,26);2*1H/t17-,19?,22+;;/m0../s1. The summed E-state index contributed by atoms with van der Waals surface area (Å²) in [6.07, 6.45) is 7.11. The molecule has 3 fully saturated rings. The molecule has 164 valence electrons. The van der Waals surface area contributed by atoms with E-state index in [9.17, 15) is 4.79 Å². The van der Waals surface area contributed by atoms with Crippen LogP contribution in [-0.4, -0.2) is 50.6 Å². The molecule has 5 nitrogen and oxygen atoms in total. The number of rotatable bonds is 6. The van der Waals surface area contributed by atoms with Crippen LogP contribution >= 0.6 is 24.8 Å². The van der Waals surface area contributed by atoms with Crippen molar-refractivity contribution in [3.63, 3.8) is 0 Å². The van der Waals surface area contributed by atoms with Crippen LogP contribution in [0.15, 0.2) is 24.3 Å². The summed E-state index contributed by atoms with van der Waals surface area (Å²) in [6, 6.07) is 8.43. The molecule has 7 heteroatoms. The highest BCUT2D eigenvalue weighted by Crippen LogP contribution is 2.44. The molecule has 1 aliphatic carbocycles. The smallest absolute Gasteiger partial charge is 0.227 e. The Labute approximate surface area is 187 Å². The average Bonchev–Trinajstić information content (AvgIpc) is 3.39. The van der Waals surface area contributed by atoms with Crippen molar-refractivity contribution in [1.29, 1.82) is 0 Å². The topological polar surface area (TPSA) is 53.6 Å². The predicted molar refractivity (Wildman–Crippen MR) is 121 cm³/mol. The SMILES string of the molecule is COc1ccccc1C(CNC(=O)[C@@]12CCCC[C@H]1CNC2)N1CCCC1.Cl.Cl. The fourth-order valence-corrected chi connectivity index (χ4v) is 5.49. The Morgan fingerprint density at radius 3 is 2.76 bits per heavy atom. The van der Waals surface area contributed by atoms with E-state index in [1.54, 1.807) is 7.11 Å². The van der Waals surface area contributed by atoms with Gasteiger partial charge in [0.2, 0.25) is 5.91 Å². The number of fused-ring (bicyclic) bond motifs is 1. The van der Waals surface area contributed by atoms with Gasteiger partial charge in [-0.1, -0.05) is 31.0 Å². The second kappa shape index (κ2) is 10.9. The van der Waals surface area contributed by atoms with Crippen LogP contribution in [0.3, 0.4) is 0 Å². The molecule has 4 rings (SSSR count). The molecule has 29 heavy (non-hydrogen) atoms. The monoisotopic (exact) mass is 443 g/mol. The Kier molecular flexibility index (Phi) is 9.08. The van der Waals surface area contributed by atoms with Crippen LogP contribution in [0.1, 0.15) is 50.1 Å². The number of carbonyl (C=O) groups excluding carboxylic acids is 1. The Balaban J connectivity index is 0.00000150. The molecule has 1 saturated carbocycles. The van der Waals surface area contributed by atoms with Crippen molar-refractivity contribution in [2.45, 2.75) is 44.6 Å². The van der Waals surface area contributed by atoms with Gasteiger partial charge >= 0.3 is 0 Å². The zero-order valence-corrected chi connectivity index (χ0v) is 19.0. The van der Waals surface area contributed by atoms with Gasteiger partial charge in [-0.2, -0.15) is 0 Å². The molecule has 0 radical (unpaired) electrons. The van der Waals surface area contributed by atoms with E-state index in [1.165, 1.54) is 37.7 Å². The number of benzene rings is 1. The summed E-state index contributed by atoms with van der Waals surface area (Å²) < 4.78 is 5.63. The van der Waals surface area contributed by atoms with Crippen molar-refractivity contribution in [2.75, 3.05) is 39.8 Å². The number of hydrogen-bond acceptors (Lipinski definition) is 4. The number of ether oxygens (including phenoxy) is 1. The van der Waals surface area contributed by atoms with Crippen LogP contribution in [0, 0.1) is 11.3 Å². The summed E-state index contributed by atoms with van der Waals surface area (Å²) >= 11 is 0. The summed E-state index contributed by atoms with van der Waals surface area (Å²) in [5, 5.41) is 6.85. The Morgan fingerprint density at radius 1 is 1.24 bits per heavy atom. The molecule has 2 aliphatic heterocycles. The third kappa shape index (κ3) is 4.84. The number of nitrogens with zero attached hydrogens (tertiary/aromatic N) is 1. The van der Waals surface area contributed by atoms with Crippen LogP contribution in [0.4, 0.5) is 0 Å². The number of para-hydroxylation sites is 1. The summed E-state index contributed by atoms with van der Waals surface area (Å²) in [6.45, 7) is 4.68. The summed E-state index contributed by atoms with van der Waals surface area (Å²) in [5.41, 5.74) is 0.999. The van der Waals surface area contributed by atoms with Gasteiger partial charge in [-0.15, -0.1) is 24.8 Å². The molecule has 1 aromatic rings. The van der Waals surface area contributed by atoms with E-state index in [0.29, 0.717) is 12.5 Å². The molecule has 1 amide bonds. The van der Waals surface area contributed by atoms with E-state index in [-0.39, 0.29) is 42.2 Å². The second-order valence-electron chi connectivity index (χ2n) is 8.44. The first-order valence-corrected chi connectivity index (χ1v) is 10.6. The van der Waals surface area contributed by atoms with Gasteiger partial charge in [0.15, 0.2) is 0 Å². The number of nitrogens with one attached hydrogen (secondary N) is 2. The number of amides is 1. The maximum atomic E-state index is 13.3. The number of methoxy groups -OCH3 is 1. The Morgan fingerprint density at radius 2 is 2.00 bits per heavy atom. The zero-order chi connectivity index (χ0) is 18.7. The zero-order valence-electron chi connectivity index (χ0n) is 17.3. The minimum atomic E-state index is -0.186. The minimum Gasteiger partial charge on any atom is -0.496 e. The highest BCUT2D eigenvalue weighted by molar-refractivity contribution is 5.85. The van der Waals surface area contributed by atoms with Gasteiger partial charge in [-0.05, 0) is 57.3 Å². The minimum absolute atomic E-state index is 0. The number of carbonyl (C=O) groups is 1. The first-order chi connectivity index (χ1) is 13.2. The summed E-state index contributed by atoms with van der Waals surface area (Å²) in [7, 11) is 1.73. The van der Waals surface area contributed by atoms with Crippen LogP contribution in [0.25, 0.3) is 0 Å². The van der Waals surface area contributed by atoms with E-state index in [0.717, 1.165) is 38.3 Å². The van der Waals surface area contributed by atoms with E-state index in [2.05, 4.69) is 27.7 Å². The molecule has 2 N–H and O–H groups in total. The van der Waals surface area contributed by atoms with Gasteiger partial charge in [-0.25, -0.2) is 0 Å². The van der Waals surface area contributed by atoms with Gasteiger partial charge in [0.1, 0.15) is 5.75 Å². The normalized spacial score (nSPS) is 27.3. The second-order valence-corrected chi connectivity index (χ2v) is 8.44. The van der Waals surface area contributed by atoms with Crippen molar-refractivity contribution >= 4 is 30.7 Å². The summed E-state index contributed by atoms with van der Waals surface area (Å²) in [5.74, 6) is 1.68. The number of halogens is 2. The lowest BCUT2D eigenvalue weighted by Gasteiger charge is -2.38. The van der Waals surface area contributed by atoms with Crippen molar-refractivity contribution < 1.29 is 9.53 Å². The van der Waals surface area contributed by atoms with Crippen molar-refractivity contribution in [1.82, 2.24) is 15.5 Å². The lowest BCUT2D eigenvalue weighted by molar-refractivity contribution is -0.134. The first kappa shape index (κ1) is 24.3. The molecule has 1 unspecified atom stereocenters. The third-order valence-corrected chi connectivity index (χ3v) is 7.03. The van der Waals surface area contributed by atoms with Crippen LogP contribution in [0.2, 0.25) is 0 Å². The van der Waals surface area contributed by atoms with Gasteiger partial charge in [-0.3, -0.25) is 9.69 Å². The molecule has 3 aliphatic rings. The number of hydrogen-bond donors (Lipinski definition) is 2. The molecule has 0 aromatic heterocycles. The maximum absolute atomic E-state index is 13.3. The lowest BCUT2D eigenvalue weighted by Crippen LogP contribution is -2.49. The van der Waals surface area contributed by atoms with Crippen molar-refractivity contribution in [3.8, 4) is 5.75 Å². The van der Waals surface area contributed by atoms with E-state index >= 15 is 0 Å². The van der Waals surface area contributed by atoms with Crippen molar-refractivity contribution in [2.24, 2.45) is 11.3 Å². The maximum Gasteiger partial charge on any atom is 0.227 e. The van der Waals surface area contributed by atoms with Crippen molar-refractivity contribution in [3.05, 3.63) is 29.8 Å². The quantitative estimate of drug-likeness (QED) is 0.705. The molecular formula is C22H35Cl2N3O2. The molecule has 2 saturated heterocycles. The van der Waals surface area contributed by atoms with Gasteiger partial charge in [0, 0.05) is 18.7 Å². The predicted octanol–water partition coefficient (Wildman–Crippen LogP) is 3.57. The molecular weight excluding hydrogens is 409 g/mol. The van der Waals surface area contributed by atoms with E-state index < -0.39 is 0 Å².